The van der Waals surface area contributed by atoms with Crippen molar-refractivity contribution in [2.75, 3.05) is 12.4 Å². The molecule has 8 heteroatoms. The number of aromatic nitrogens is 2. The van der Waals surface area contributed by atoms with Crippen molar-refractivity contribution in [2.45, 2.75) is 44.7 Å². The molecule has 2 amide bonds. The van der Waals surface area contributed by atoms with Crippen molar-refractivity contribution in [1.29, 1.82) is 0 Å². The third-order valence-electron chi connectivity index (χ3n) is 4.99. The van der Waals surface area contributed by atoms with Crippen LogP contribution in [0.1, 0.15) is 62.8 Å². The summed E-state index contributed by atoms with van der Waals surface area (Å²) in [5.41, 5.74) is 1.86. The number of amides is 2. The van der Waals surface area contributed by atoms with Crippen molar-refractivity contribution in [2.24, 2.45) is 0 Å². The van der Waals surface area contributed by atoms with E-state index in [9.17, 15) is 14.4 Å². The van der Waals surface area contributed by atoms with Gasteiger partial charge >= 0.3 is 5.97 Å². The maximum absolute atomic E-state index is 12.9. The zero-order valence-corrected chi connectivity index (χ0v) is 15.7. The van der Waals surface area contributed by atoms with Crippen molar-refractivity contribution < 1.29 is 19.1 Å². The van der Waals surface area contributed by atoms with Gasteiger partial charge in [-0.05, 0) is 50.3 Å². The van der Waals surface area contributed by atoms with E-state index in [0.29, 0.717) is 30.0 Å². The van der Waals surface area contributed by atoms with Gasteiger partial charge in [0.15, 0.2) is 11.5 Å². The highest BCUT2D eigenvalue weighted by Crippen LogP contribution is 2.24. The van der Waals surface area contributed by atoms with Crippen LogP contribution in [0.15, 0.2) is 24.3 Å². The highest BCUT2D eigenvalue weighted by Gasteiger charge is 2.30. The van der Waals surface area contributed by atoms with E-state index in [2.05, 4.69) is 15.6 Å². The monoisotopic (exact) mass is 382 g/mol. The van der Waals surface area contributed by atoms with Crippen molar-refractivity contribution in [3.63, 3.8) is 0 Å². The van der Waals surface area contributed by atoms with Crippen molar-refractivity contribution in [3.8, 4) is 0 Å². The van der Waals surface area contributed by atoms with Gasteiger partial charge in [0.2, 0.25) is 0 Å². The SMILES string of the molecule is COC(=O)c1cccc(NC(=O)c2nc(C(=O)NC3CC3)n3c2CCCC3)c1. The summed E-state index contributed by atoms with van der Waals surface area (Å²) in [6.45, 7) is 0.681. The molecular weight excluding hydrogens is 360 g/mol. The first-order valence-electron chi connectivity index (χ1n) is 9.47. The van der Waals surface area contributed by atoms with E-state index < -0.39 is 11.9 Å². The van der Waals surface area contributed by atoms with E-state index in [1.165, 1.54) is 7.11 Å². The number of fused-ring (bicyclic) bond motifs is 1. The molecule has 1 aliphatic carbocycles. The third-order valence-corrected chi connectivity index (χ3v) is 4.99. The van der Waals surface area contributed by atoms with Crippen LogP contribution in [-0.2, 0) is 17.7 Å². The Balaban J connectivity index is 1.59. The van der Waals surface area contributed by atoms with Crippen LogP contribution < -0.4 is 10.6 Å². The van der Waals surface area contributed by atoms with Gasteiger partial charge in [0.1, 0.15) is 0 Å². The Labute approximate surface area is 162 Å². The maximum Gasteiger partial charge on any atom is 0.337 e. The van der Waals surface area contributed by atoms with Crippen LogP contribution in [0.25, 0.3) is 0 Å². The Kier molecular flexibility index (Phi) is 4.85. The van der Waals surface area contributed by atoms with Crippen LogP contribution in [0.5, 0.6) is 0 Å². The first-order chi connectivity index (χ1) is 13.6. The van der Waals surface area contributed by atoms with Crippen molar-refractivity contribution >= 4 is 23.5 Å². The molecule has 1 aromatic carbocycles. The highest BCUT2D eigenvalue weighted by atomic mass is 16.5. The van der Waals surface area contributed by atoms with Gasteiger partial charge in [-0.15, -0.1) is 0 Å². The summed E-state index contributed by atoms with van der Waals surface area (Å²) in [6.07, 6.45) is 4.59. The Morgan fingerprint density at radius 1 is 1.18 bits per heavy atom. The molecule has 0 bridgehead atoms. The molecule has 2 aliphatic rings. The molecule has 28 heavy (non-hydrogen) atoms. The second-order valence-electron chi connectivity index (χ2n) is 7.11. The smallest absolute Gasteiger partial charge is 0.337 e. The summed E-state index contributed by atoms with van der Waals surface area (Å²) in [4.78, 5) is 41.5. The molecule has 1 fully saturated rings. The molecule has 0 unspecified atom stereocenters. The van der Waals surface area contributed by atoms with Gasteiger partial charge < -0.3 is 19.9 Å². The lowest BCUT2D eigenvalue weighted by Gasteiger charge is -2.17. The number of hydrogen-bond donors (Lipinski definition) is 2. The quantitative estimate of drug-likeness (QED) is 0.772. The molecule has 4 rings (SSSR count). The minimum Gasteiger partial charge on any atom is -0.465 e. The number of methoxy groups -OCH3 is 1. The van der Waals surface area contributed by atoms with Gasteiger partial charge in [-0.25, -0.2) is 9.78 Å². The zero-order chi connectivity index (χ0) is 19.7. The fraction of sp³-hybridized carbons (Fsp3) is 0.400. The van der Waals surface area contributed by atoms with Gasteiger partial charge in [-0.2, -0.15) is 0 Å². The van der Waals surface area contributed by atoms with E-state index in [4.69, 9.17) is 4.74 Å². The van der Waals surface area contributed by atoms with Gasteiger partial charge in [0, 0.05) is 18.3 Å². The molecule has 2 heterocycles. The predicted octanol–water partition coefficient (Wildman–Crippen LogP) is 2.15. The lowest BCUT2D eigenvalue weighted by Crippen LogP contribution is -2.29. The minimum atomic E-state index is -0.477. The molecular formula is C20H22N4O4. The molecule has 1 aliphatic heterocycles. The largest absolute Gasteiger partial charge is 0.465 e. The number of rotatable bonds is 5. The number of ether oxygens (including phenoxy) is 1. The van der Waals surface area contributed by atoms with Crippen LogP contribution in [0.3, 0.4) is 0 Å². The molecule has 0 radical (unpaired) electrons. The third kappa shape index (κ3) is 3.62. The topological polar surface area (TPSA) is 102 Å². The second kappa shape index (κ2) is 7.46. The van der Waals surface area contributed by atoms with Crippen LogP contribution in [0.4, 0.5) is 5.69 Å². The highest BCUT2D eigenvalue weighted by molar-refractivity contribution is 6.05. The van der Waals surface area contributed by atoms with Crippen molar-refractivity contribution in [1.82, 2.24) is 14.9 Å². The lowest BCUT2D eigenvalue weighted by molar-refractivity contribution is 0.0600. The lowest BCUT2D eigenvalue weighted by atomic mass is 10.1. The number of nitrogens with one attached hydrogen (secondary N) is 2. The molecule has 0 atom stereocenters. The molecule has 1 aromatic heterocycles. The van der Waals surface area contributed by atoms with Crippen LogP contribution in [-0.4, -0.2) is 40.5 Å². The van der Waals surface area contributed by atoms with Crippen molar-refractivity contribution in [3.05, 3.63) is 47.0 Å². The van der Waals surface area contributed by atoms with Gasteiger partial charge in [0.05, 0.1) is 18.4 Å². The average molecular weight is 382 g/mol. The normalized spacial score (nSPS) is 15.5. The number of hydrogen-bond acceptors (Lipinski definition) is 5. The molecule has 146 valence electrons. The predicted molar refractivity (Wildman–Crippen MR) is 101 cm³/mol. The minimum absolute atomic E-state index is 0.224. The van der Waals surface area contributed by atoms with Gasteiger partial charge in [0.25, 0.3) is 11.8 Å². The second-order valence-corrected chi connectivity index (χ2v) is 7.11. The molecule has 1 saturated carbocycles. The van der Waals surface area contributed by atoms with Gasteiger partial charge in [-0.1, -0.05) is 6.07 Å². The number of benzene rings is 1. The standard InChI is InChI=1S/C20H22N4O4/c1-28-20(27)12-5-4-6-14(11-12)22-18(25)16-15-7-2-3-10-24(15)17(23-16)19(26)21-13-8-9-13/h4-6,11,13H,2-3,7-10H2,1H3,(H,21,26)(H,22,25). The number of carbonyl (C=O) groups excluding carboxylic acids is 3. The van der Waals surface area contributed by atoms with Gasteiger partial charge in [-0.3, -0.25) is 9.59 Å². The summed E-state index contributed by atoms with van der Waals surface area (Å²) in [7, 11) is 1.30. The summed E-state index contributed by atoms with van der Waals surface area (Å²) < 4.78 is 6.57. The average Bonchev–Trinajstić information content (AvgIpc) is 3.43. The number of anilines is 1. The van der Waals surface area contributed by atoms with E-state index in [-0.39, 0.29) is 17.6 Å². The molecule has 2 aromatic rings. The van der Waals surface area contributed by atoms with E-state index in [1.807, 2.05) is 4.57 Å². The van der Waals surface area contributed by atoms with E-state index in [1.54, 1.807) is 24.3 Å². The maximum atomic E-state index is 12.9. The molecule has 2 N–H and O–H groups in total. The number of esters is 1. The summed E-state index contributed by atoms with van der Waals surface area (Å²) in [6, 6.07) is 6.74. The van der Waals surface area contributed by atoms with Crippen LogP contribution in [0, 0.1) is 0 Å². The summed E-state index contributed by atoms with van der Waals surface area (Å²) >= 11 is 0. The fourth-order valence-electron chi connectivity index (χ4n) is 3.41. The van der Waals surface area contributed by atoms with Crippen LogP contribution in [0.2, 0.25) is 0 Å². The summed E-state index contributed by atoms with van der Waals surface area (Å²) in [5.74, 6) is -0.792. The Morgan fingerprint density at radius 2 is 2.00 bits per heavy atom. The fourth-order valence-corrected chi connectivity index (χ4v) is 3.41. The van der Waals surface area contributed by atoms with Crippen LogP contribution >= 0.6 is 0 Å². The number of carbonyl (C=O) groups is 3. The zero-order valence-electron chi connectivity index (χ0n) is 15.7. The first kappa shape index (κ1) is 18.2. The van der Waals surface area contributed by atoms with E-state index in [0.717, 1.165) is 31.4 Å². The summed E-state index contributed by atoms with van der Waals surface area (Å²) in [5, 5.41) is 5.72. The Bertz CT molecular complexity index is 946. The first-order valence-corrected chi connectivity index (χ1v) is 9.47. The molecule has 0 saturated heterocycles. The number of nitrogens with zero attached hydrogens (tertiary/aromatic N) is 2. The van der Waals surface area contributed by atoms with E-state index >= 15 is 0 Å². The number of imidazole rings is 1. The Hall–Kier alpha value is -3.16. The molecule has 0 spiro atoms. The Morgan fingerprint density at radius 3 is 2.75 bits per heavy atom. The molecule has 8 nitrogen and oxygen atoms in total.